The normalized spacial score (nSPS) is 19.8. The molecular weight excluding hydrogens is 1340 g/mol. The van der Waals surface area contributed by atoms with Gasteiger partial charge in [-0.05, 0) is 181 Å². The van der Waals surface area contributed by atoms with Gasteiger partial charge in [0.2, 0.25) is 35.4 Å². The van der Waals surface area contributed by atoms with Crippen LogP contribution in [0, 0.1) is 16.2 Å². The summed E-state index contributed by atoms with van der Waals surface area (Å²) >= 11 is 0. The average molecular weight is 1440 g/mol. The molecule has 3 atom stereocenters. The number of amides is 10. The van der Waals surface area contributed by atoms with E-state index in [1.54, 1.807) is 158 Å². The van der Waals surface area contributed by atoms with E-state index in [4.69, 9.17) is 9.47 Å². The SMILES string of the molecule is CN1CCOc2ccc(cc2)C(=O)NCc2cccc(c2)C(=O)NC(C)(CC(C)(C)Cc2cc3ccc2OCCNC(=O)CCCCC(=O)N[C@H](C(=O)O)Cc2ccc(cc2)NC(=O)[C@H](CC(C)(C)C)NC(=O)c2cccc(c2)CNC3=O)C(=O)Nc2ccc(cc2)CCN(C)C(=O)CC(C)(C)CC1=O. The van der Waals surface area contributed by atoms with E-state index in [-0.39, 0.29) is 125 Å². The third kappa shape index (κ3) is 24.9. The first-order valence-electron chi connectivity index (χ1n) is 35.6. The number of likely N-dealkylation sites (N-methyl/N-ethyl adjacent to an activating group) is 2. The number of carboxylic acid groups (broad SMARTS) is 1. The van der Waals surface area contributed by atoms with Crippen LogP contribution in [0.15, 0.2) is 140 Å². The first-order chi connectivity index (χ1) is 49.7. The Morgan fingerprint density at radius 2 is 1.10 bits per heavy atom. The van der Waals surface area contributed by atoms with Crippen molar-refractivity contribution in [3.8, 4) is 11.5 Å². The Kier molecular flexibility index (Phi) is 27.4. The van der Waals surface area contributed by atoms with Gasteiger partial charge in [-0.15, -0.1) is 0 Å². The van der Waals surface area contributed by atoms with Gasteiger partial charge in [-0.1, -0.05) is 97.0 Å². The van der Waals surface area contributed by atoms with Gasteiger partial charge in [0, 0.05) is 99.5 Å². The maximum absolute atomic E-state index is 15.2. The molecule has 558 valence electrons. The molecule has 14 rings (SSSR count). The summed E-state index contributed by atoms with van der Waals surface area (Å²) in [6.45, 7) is 16.1. The smallest absolute Gasteiger partial charge is 0.326 e. The number of carboxylic acids is 1. The molecule has 24 nitrogen and oxygen atoms in total. The molecule has 1 unspecified atom stereocenters. The lowest BCUT2D eigenvalue weighted by Crippen LogP contribution is -2.56. The number of anilines is 2. The molecule has 12 bridgehead atoms. The molecule has 8 aliphatic heterocycles. The Morgan fingerprint density at radius 3 is 1.71 bits per heavy atom. The third-order valence-corrected chi connectivity index (χ3v) is 18.3. The largest absolute Gasteiger partial charge is 0.492 e. The molecule has 0 aliphatic carbocycles. The van der Waals surface area contributed by atoms with Crippen molar-refractivity contribution in [2.45, 2.75) is 157 Å². The van der Waals surface area contributed by atoms with Crippen molar-refractivity contribution in [2.24, 2.45) is 16.2 Å². The Bertz CT molecular complexity index is 4130. The van der Waals surface area contributed by atoms with Crippen LogP contribution in [0.5, 0.6) is 11.5 Å². The highest BCUT2D eigenvalue weighted by Gasteiger charge is 2.41. The molecule has 0 saturated carbocycles. The van der Waals surface area contributed by atoms with Crippen molar-refractivity contribution in [1.29, 1.82) is 0 Å². The summed E-state index contributed by atoms with van der Waals surface area (Å²) in [4.78, 5) is 154. The van der Waals surface area contributed by atoms with Crippen molar-refractivity contribution < 1.29 is 67.3 Å². The van der Waals surface area contributed by atoms with Crippen LogP contribution < -0.4 is 52.0 Å². The predicted molar refractivity (Wildman–Crippen MR) is 399 cm³/mol. The number of benzene rings is 6. The third-order valence-electron chi connectivity index (χ3n) is 18.3. The highest BCUT2D eigenvalue weighted by molar-refractivity contribution is 6.04. The van der Waals surface area contributed by atoms with E-state index in [0.29, 0.717) is 83.0 Å². The molecule has 9 N–H and O–H groups in total. The fraction of sp³-hybridized carbons (Fsp3) is 0.420. The molecule has 0 aromatic heterocycles. The number of carbonyl (C=O) groups is 11. The summed E-state index contributed by atoms with van der Waals surface area (Å²) in [5.74, 6) is -4.42. The fourth-order valence-electron chi connectivity index (χ4n) is 12.7. The topological polar surface area (TPSA) is 329 Å². The zero-order chi connectivity index (χ0) is 76.2. The van der Waals surface area contributed by atoms with E-state index < -0.39 is 75.3 Å². The Morgan fingerprint density at radius 1 is 0.552 bits per heavy atom. The van der Waals surface area contributed by atoms with E-state index in [0.717, 1.165) is 5.56 Å². The van der Waals surface area contributed by atoms with Crippen molar-refractivity contribution in [1.82, 2.24) is 41.7 Å². The average Bonchev–Trinajstić information content (AvgIpc) is 0.798. The lowest BCUT2D eigenvalue weighted by atomic mass is 9.74. The van der Waals surface area contributed by atoms with Gasteiger partial charge in [0.1, 0.15) is 42.3 Å². The molecule has 0 radical (unpaired) electrons. The minimum Gasteiger partial charge on any atom is -0.492 e. The predicted octanol–water partition coefficient (Wildman–Crippen LogP) is 9.35. The molecule has 0 saturated heterocycles. The number of nitrogens with zero attached hydrogens (tertiary/aromatic N) is 2. The van der Waals surface area contributed by atoms with Crippen LogP contribution >= 0.6 is 0 Å². The number of carbonyl (C=O) groups excluding carboxylic acids is 10. The molecule has 6 aromatic carbocycles. The minimum atomic E-state index is -1.66. The quantitative estimate of drug-likeness (QED) is 0.0750. The van der Waals surface area contributed by atoms with Crippen LogP contribution in [0.25, 0.3) is 0 Å². The monoisotopic (exact) mass is 1440 g/mol. The van der Waals surface area contributed by atoms with Gasteiger partial charge in [0.25, 0.3) is 23.6 Å². The van der Waals surface area contributed by atoms with Crippen LogP contribution in [0.1, 0.15) is 176 Å². The van der Waals surface area contributed by atoms with Crippen LogP contribution in [0.2, 0.25) is 0 Å². The number of aliphatic carboxylic acids is 1. The Hall–Kier alpha value is -10.9. The van der Waals surface area contributed by atoms with E-state index in [9.17, 15) is 53.1 Å². The van der Waals surface area contributed by atoms with Gasteiger partial charge < -0.3 is 66.9 Å². The molecule has 105 heavy (non-hydrogen) atoms. The first-order valence-corrected chi connectivity index (χ1v) is 35.6. The number of hydrogen-bond donors (Lipinski definition) is 9. The van der Waals surface area contributed by atoms with E-state index in [1.165, 1.54) is 0 Å². The molecule has 8 heterocycles. The van der Waals surface area contributed by atoms with Crippen molar-refractivity contribution in [3.63, 3.8) is 0 Å². The number of hydrogen-bond acceptors (Lipinski definition) is 13. The molecule has 0 fully saturated rings. The molecule has 10 amide bonds. The highest BCUT2D eigenvalue weighted by atomic mass is 16.5. The van der Waals surface area contributed by atoms with E-state index in [2.05, 4.69) is 42.5 Å². The maximum Gasteiger partial charge on any atom is 0.326 e. The van der Waals surface area contributed by atoms with Gasteiger partial charge in [-0.25, -0.2) is 4.79 Å². The molecule has 6 aromatic rings. The van der Waals surface area contributed by atoms with Crippen LogP contribution in [-0.2, 0) is 65.9 Å². The molecule has 0 spiro atoms. The summed E-state index contributed by atoms with van der Waals surface area (Å²) in [7, 11) is 3.42. The van der Waals surface area contributed by atoms with Gasteiger partial charge in [-0.2, -0.15) is 0 Å². The number of rotatable bonds is 6. The minimum absolute atomic E-state index is 0.00152. The number of ether oxygens (including phenoxy) is 2. The van der Waals surface area contributed by atoms with Crippen LogP contribution in [0.4, 0.5) is 11.4 Å². The van der Waals surface area contributed by atoms with Gasteiger partial charge in [-0.3, -0.25) is 47.9 Å². The van der Waals surface area contributed by atoms with Crippen LogP contribution in [0.3, 0.4) is 0 Å². The maximum atomic E-state index is 15.2. The highest BCUT2D eigenvalue weighted by Crippen LogP contribution is 2.37. The summed E-state index contributed by atoms with van der Waals surface area (Å²) in [5.41, 5.74) is 1.46. The standard InChI is InChI=1S/C81H100N10O14/c1-78(2,3)46-65-75(100)85-61-30-23-53(24-31-61)43-64(76(101)102)87-68(93)20-12-11-19-67(92)82-36-39-105-66-34-27-59(72(97)84-50-54-15-13-17-57(41-54)73(98)88-65)44-60(66)45-80(6,7)51-81(8)77(103)86-62-28-21-52(22-29-62)35-37-90(9)69(94)47-79(4,5)48-70(95)91(10)38-40-104-63-32-25-56(26-33-63)71(96)83-49-55-16-14-18-58(42-55)74(99)89-81/h13-18,21-34,41-42,44,64-65H,11-12,19-20,35-40,43,45-51H2,1-10H3,(H,82,92)(H,83,96)(H,84,97)(H,85,100)(H,86,103)(H,87,93)(H,88,98)(H,89,99)(H,101,102)/t64-,65-,81?/m0/s1. The lowest BCUT2D eigenvalue weighted by molar-refractivity contribution is -0.141. The second kappa shape index (κ2) is 36.0. The lowest BCUT2D eigenvalue weighted by Gasteiger charge is -2.37. The van der Waals surface area contributed by atoms with Crippen molar-refractivity contribution in [2.75, 3.05) is 57.6 Å². The number of nitrogens with one attached hydrogen (secondary N) is 8. The fourth-order valence-corrected chi connectivity index (χ4v) is 12.7. The summed E-state index contributed by atoms with van der Waals surface area (Å²) in [5, 5.41) is 33.3. The summed E-state index contributed by atoms with van der Waals surface area (Å²) < 4.78 is 12.3. The van der Waals surface area contributed by atoms with Crippen molar-refractivity contribution in [3.05, 3.63) is 190 Å². The van der Waals surface area contributed by atoms with Gasteiger partial charge in [0.15, 0.2) is 0 Å². The molecule has 8 aliphatic rings. The van der Waals surface area contributed by atoms with Crippen LogP contribution in [-0.4, -0.2) is 145 Å². The summed E-state index contributed by atoms with van der Waals surface area (Å²) in [6, 6.07) is 36.3. The first kappa shape index (κ1) is 79.8. The Balaban J connectivity index is 1.06. The second-order valence-electron chi connectivity index (χ2n) is 30.4. The Labute approximate surface area is 614 Å². The van der Waals surface area contributed by atoms with Gasteiger partial charge >= 0.3 is 5.97 Å². The van der Waals surface area contributed by atoms with Gasteiger partial charge in [0.05, 0.1) is 13.1 Å². The van der Waals surface area contributed by atoms with E-state index in [1.807, 2.05) is 60.6 Å². The summed E-state index contributed by atoms with van der Waals surface area (Å²) in [6.07, 6.45) is 1.82. The molecular formula is C81H100N10O14. The second-order valence-corrected chi connectivity index (χ2v) is 30.4. The van der Waals surface area contributed by atoms with Crippen molar-refractivity contribution >= 4 is 76.4 Å². The zero-order valence-corrected chi connectivity index (χ0v) is 61.8. The zero-order valence-electron chi connectivity index (χ0n) is 61.8. The van der Waals surface area contributed by atoms with E-state index >= 15 is 4.79 Å². The molecule has 24 heteroatoms.